The van der Waals surface area contributed by atoms with Crippen molar-refractivity contribution in [3.05, 3.63) is 187 Å². The average Bonchev–Trinajstić information content (AvgIpc) is 3.44. The van der Waals surface area contributed by atoms with Crippen LogP contribution in [-0.2, 0) is 5.41 Å². The van der Waals surface area contributed by atoms with Crippen LogP contribution in [0.4, 0.5) is 0 Å². The Kier molecular flexibility index (Phi) is 7.48. The van der Waals surface area contributed by atoms with Gasteiger partial charge in [0.15, 0.2) is 5.82 Å². The fourth-order valence-corrected chi connectivity index (χ4v) is 7.40. The van der Waals surface area contributed by atoms with E-state index in [9.17, 15) is 0 Å². The van der Waals surface area contributed by atoms with E-state index in [-0.39, 0.29) is 5.41 Å². The molecule has 2 heterocycles. The summed E-state index contributed by atoms with van der Waals surface area (Å²) in [6, 6.07) is 58.2. The van der Waals surface area contributed by atoms with E-state index in [1.807, 2.05) is 30.5 Å². The standard InChI is InChI=1S/C48H35N3/c1-48(2)43-13-7-6-12-41(43)42-27-26-39(29-44(42)48)34-16-14-32(15-17-34)33-18-22-36(23-19-33)45-30-46(51-47(50-45)38-9-4-3-5-10-38)37-24-20-35(21-25-37)40-11-8-28-49-31-40/h3-31H,1-2H3. The number of hydrogen-bond acceptors (Lipinski definition) is 3. The fourth-order valence-electron chi connectivity index (χ4n) is 7.40. The summed E-state index contributed by atoms with van der Waals surface area (Å²) in [5.74, 6) is 0.706. The molecule has 0 N–H and O–H groups in total. The normalized spacial score (nSPS) is 12.7. The second-order valence-corrected chi connectivity index (χ2v) is 13.7. The Morgan fingerprint density at radius 2 is 0.863 bits per heavy atom. The number of fused-ring (bicyclic) bond motifs is 3. The highest BCUT2D eigenvalue weighted by atomic mass is 14.9. The highest BCUT2D eigenvalue weighted by Crippen LogP contribution is 2.49. The number of aromatic nitrogens is 3. The molecule has 3 heteroatoms. The molecule has 3 nitrogen and oxygen atoms in total. The van der Waals surface area contributed by atoms with E-state index in [1.165, 1.54) is 44.5 Å². The largest absolute Gasteiger partial charge is 0.264 e. The van der Waals surface area contributed by atoms with E-state index >= 15 is 0 Å². The van der Waals surface area contributed by atoms with E-state index in [0.717, 1.165) is 39.2 Å². The first-order valence-electron chi connectivity index (χ1n) is 17.4. The quantitative estimate of drug-likeness (QED) is 0.179. The highest BCUT2D eigenvalue weighted by molar-refractivity contribution is 5.84. The van der Waals surface area contributed by atoms with Gasteiger partial charge in [-0.05, 0) is 73.8 Å². The first-order valence-corrected chi connectivity index (χ1v) is 17.4. The molecule has 9 rings (SSSR count). The van der Waals surface area contributed by atoms with Crippen molar-refractivity contribution in [3.63, 3.8) is 0 Å². The molecule has 0 radical (unpaired) electrons. The van der Waals surface area contributed by atoms with Crippen LogP contribution in [0.5, 0.6) is 0 Å². The molecule has 0 aliphatic heterocycles. The predicted molar refractivity (Wildman–Crippen MR) is 210 cm³/mol. The monoisotopic (exact) mass is 653 g/mol. The van der Waals surface area contributed by atoms with Crippen molar-refractivity contribution in [1.29, 1.82) is 0 Å². The Morgan fingerprint density at radius 1 is 0.373 bits per heavy atom. The van der Waals surface area contributed by atoms with Crippen molar-refractivity contribution in [2.75, 3.05) is 0 Å². The van der Waals surface area contributed by atoms with Gasteiger partial charge in [-0.15, -0.1) is 0 Å². The molecule has 0 saturated heterocycles. The van der Waals surface area contributed by atoms with Gasteiger partial charge in [0.1, 0.15) is 0 Å². The SMILES string of the molecule is CC1(C)c2ccccc2-c2ccc(-c3ccc(-c4ccc(-c5cc(-c6ccc(-c7cccnc7)cc6)nc(-c6ccccc6)n5)cc4)cc3)cc21. The molecule has 2 aromatic heterocycles. The van der Waals surface area contributed by atoms with Crippen molar-refractivity contribution in [3.8, 4) is 78.4 Å². The van der Waals surface area contributed by atoms with E-state index in [4.69, 9.17) is 9.97 Å². The molecular weight excluding hydrogens is 619 g/mol. The molecular formula is C48H35N3. The van der Waals surface area contributed by atoms with Gasteiger partial charge in [-0.3, -0.25) is 4.98 Å². The summed E-state index contributed by atoms with van der Waals surface area (Å²) in [6.07, 6.45) is 3.68. The number of rotatable bonds is 6. The second-order valence-electron chi connectivity index (χ2n) is 13.7. The Balaban J connectivity index is 1.01. The van der Waals surface area contributed by atoms with Gasteiger partial charge >= 0.3 is 0 Å². The summed E-state index contributed by atoms with van der Waals surface area (Å²) in [4.78, 5) is 14.3. The van der Waals surface area contributed by atoms with Crippen molar-refractivity contribution in [1.82, 2.24) is 15.0 Å². The molecule has 1 aliphatic carbocycles. The zero-order valence-corrected chi connectivity index (χ0v) is 28.6. The maximum atomic E-state index is 5.04. The van der Waals surface area contributed by atoms with Crippen LogP contribution in [-0.4, -0.2) is 15.0 Å². The van der Waals surface area contributed by atoms with E-state index in [1.54, 1.807) is 6.20 Å². The van der Waals surface area contributed by atoms with Crippen LogP contribution < -0.4 is 0 Å². The van der Waals surface area contributed by atoms with Gasteiger partial charge in [0, 0.05) is 34.5 Å². The third kappa shape index (κ3) is 5.63. The summed E-state index contributed by atoms with van der Waals surface area (Å²) >= 11 is 0. The summed E-state index contributed by atoms with van der Waals surface area (Å²) in [7, 11) is 0. The van der Waals surface area contributed by atoms with Crippen molar-refractivity contribution in [2.24, 2.45) is 0 Å². The molecule has 1 aliphatic rings. The van der Waals surface area contributed by atoms with Gasteiger partial charge in [-0.25, -0.2) is 9.97 Å². The van der Waals surface area contributed by atoms with Crippen molar-refractivity contribution >= 4 is 0 Å². The second kappa shape index (κ2) is 12.5. The summed E-state index contributed by atoms with van der Waals surface area (Å²) in [6.45, 7) is 4.67. The molecule has 8 aromatic rings. The maximum absolute atomic E-state index is 5.04. The molecule has 51 heavy (non-hydrogen) atoms. The van der Waals surface area contributed by atoms with Gasteiger partial charge in [-0.2, -0.15) is 0 Å². The molecule has 6 aromatic carbocycles. The Hall–Kier alpha value is -6.45. The fraction of sp³-hybridized carbons (Fsp3) is 0.0625. The lowest BCUT2D eigenvalue weighted by molar-refractivity contribution is 0.660. The van der Waals surface area contributed by atoms with E-state index < -0.39 is 0 Å². The maximum Gasteiger partial charge on any atom is 0.160 e. The van der Waals surface area contributed by atoms with E-state index in [2.05, 4.69) is 158 Å². The topological polar surface area (TPSA) is 38.7 Å². The number of hydrogen-bond donors (Lipinski definition) is 0. The van der Waals surface area contributed by atoms with Crippen molar-refractivity contribution < 1.29 is 0 Å². The lowest BCUT2D eigenvalue weighted by Gasteiger charge is -2.22. The molecule has 0 saturated carbocycles. The van der Waals surface area contributed by atoms with E-state index in [0.29, 0.717) is 5.82 Å². The summed E-state index contributed by atoms with van der Waals surface area (Å²) in [5, 5.41) is 0. The summed E-state index contributed by atoms with van der Waals surface area (Å²) in [5.41, 5.74) is 17.4. The van der Waals surface area contributed by atoms with Crippen LogP contribution in [0.3, 0.4) is 0 Å². The van der Waals surface area contributed by atoms with Gasteiger partial charge in [0.05, 0.1) is 11.4 Å². The Morgan fingerprint density at radius 3 is 1.47 bits per heavy atom. The van der Waals surface area contributed by atoms with Crippen LogP contribution in [0.15, 0.2) is 176 Å². The van der Waals surface area contributed by atoms with Gasteiger partial charge in [-0.1, -0.05) is 159 Å². The molecule has 0 amide bonds. The van der Waals surface area contributed by atoms with Gasteiger partial charge < -0.3 is 0 Å². The lowest BCUT2D eigenvalue weighted by Crippen LogP contribution is -2.14. The van der Waals surface area contributed by atoms with Crippen LogP contribution in [0.1, 0.15) is 25.0 Å². The first-order chi connectivity index (χ1) is 25.0. The zero-order valence-electron chi connectivity index (χ0n) is 28.6. The zero-order chi connectivity index (χ0) is 34.4. The number of pyridine rings is 1. The average molecular weight is 654 g/mol. The van der Waals surface area contributed by atoms with Crippen LogP contribution in [0.2, 0.25) is 0 Å². The van der Waals surface area contributed by atoms with Crippen molar-refractivity contribution in [2.45, 2.75) is 19.3 Å². The Labute approximate surface area is 299 Å². The third-order valence-electron chi connectivity index (χ3n) is 10.2. The minimum Gasteiger partial charge on any atom is -0.264 e. The first kappa shape index (κ1) is 30.6. The molecule has 242 valence electrons. The van der Waals surface area contributed by atoms with Gasteiger partial charge in [0.25, 0.3) is 0 Å². The summed E-state index contributed by atoms with van der Waals surface area (Å²) < 4.78 is 0. The molecule has 0 fully saturated rings. The lowest BCUT2D eigenvalue weighted by atomic mass is 9.81. The number of nitrogens with zero attached hydrogens (tertiary/aromatic N) is 3. The highest BCUT2D eigenvalue weighted by Gasteiger charge is 2.35. The van der Waals surface area contributed by atoms with Crippen LogP contribution in [0, 0.1) is 0 Å². The smallest absolute Gasteiger partial charge is 0.160 e. The molecule has 0 bridgehead atoms. The molecule has 0 atom stereocenters. The molecule has 0 unspecified atom stereocenters. The van der Waals surface area contributed by atoms with Crippen LogP contribution >= 0.6 is 0 Å². The molecule has 0 spiro atoms. The number of benzene rings is 6. The minimum absolute atomic E-state index is 0.0131. The predicted octanol–water partition coefficient (Wildman–Crippen LogP) is 12.2. The Bertz CT molecular complexity index is 2500. The minimum atomic E-state index is -0.0131. The van der Waals surface area contributed by atoms with Gasteiger partial charge in [0.2, 0.25) is 0 Å². The third-order valence-corrected chi connectivity index (χ3v) is 10.2. The van der Waals surface area contributed by atoms with Crippen LogP contribution in [0.25, 0.3) is 78.4 Å².